The number of nitrogens with two attached hydrogens (primary N) is 1. The van der Waals surface area contributed by atoms with E-state index in [0.29, 0.717) is 17.1 Å². The second-order valence-electron chi connectivity index (χ2n) is 6.80. The van der Waals surface area contributed by atoms with Gasteiger partial charge in [0.05, 0.1) is 10.8 Å². The van der Waals surface area contributed by atoms with Gasteiger partial charge in [-0.25, -0.2) is 4.98 Å². The number of piperidine rings is 1. The largest absolute Gasteiger partial charge is 0.342 e. The molecule has 0 bridgehead atoms. The fourth-order valence-electron chi connectivity index (χ4n) is 3.42. The van der Waals surface area contributed by atoms with Gasteiger partial charge in [0.15, 0.2) is 0 Å². The van der Waals surface area contributed by atoms with Gasteiger partial charge in [-0.15, -0.1) is 24.8 Å². The van der Waals surface area contributed by atoms with Crippen molar-refractivity contribution in [2.24, 2.45) is 5.73 Å². The van der Waals surface area contributed by atoms with E-state index in [0.717, 1.165) is 45.3 Å². The number of rotatable bonds is 4. The molecule has 6 nitrogen and oxygen atoms in total. The Hall–Kier alpha value is -1.02. The van der Waals surface area contributed by atoms with E-state index in [1.165, 1.54) is 11.8 Å². The lowest BCUT2D eigenvalue weighted by Crippen LogP contribution is -2.45. The lowest BCUT2D eigenvalue weighted by molar-refractivity contribution is -0.129. The Morgan fingerprint density at radius 3 is 2.52 bits per heavy atom. The zero-order valence-electron chi connectivity index (χ0n) is 15.5. The molecule has 2 N–H and O–H groups in total. The third kappa shape index (κ3) is 5.98. The SMILES string of the molecule is CC(Sc1ncccc1C(=O)N1CCCC(N)C1)C(=O)N1CCCC1.Cl.Cl. The molecule has 3 heterocycles. The van der Waals surface area contributed by atoms with Crippen molar-refractivity contribution in [3.63, 3.8) is 0 Å². The highest BCUT2D eigenvalue weighted by molar-refractivity contribution is 8.00. The number of amides is 2. The highest BCUT2D eigenvalue weighted by atomic mass is 35.5. The highest BCUT2D eigenvalue weighted by Gasteiger charge is 2.28. The van der Waals surface area contributed by atoms with E-state index in [-0.39, 0.29) is 47.9 Å². The molecule has 2 saturated heterocycles. The summed E-state index contributed by atoms with van der Waals surface area (Å²) in [4.78, 5) is 33.5. The maximum Gasteiger partial charge on any atom is 0.256 e. The minimum absolute atomic E-state index is 0. The van der Waals surface area contributed by atoms with Crippen LogP contribution in [-0.2, 0) is 4.79 Å². The number of aromatic nitrogens is 1. The summed E-state index contributed by atoms with van der Waals surface area (Å²) in [5.41, 5.74) is 6.58. The minimum Gasteiger partial charge on any atom is -0.342 e. The molecule has 1 aromatic rings. The van der Waals surface area contributed by atoms with Crippen LogP contribution in [0.3, 0.4) is 0 Å². The van der Waals surface area contributed by atoms with Gasteiger partial charge in [-0.1, -0.05) is 11.8 Å². The quantitative estimate of drug-likeness (QED) is 0.736. The second kappa shape index (κ2) is 11.1. The first-order chi connectivity index (χ1) is 12.1. The normalized spacial score (nSPS) is 20.4. The molecule has 27 heavy (non-hydrogen) atoms. The first-order valence-corrected chi connectivity index (χ1v) is 9.89. The maximum absolute atomic E-state index is 12.9. The third-order valence-corrected chi connectivity index (χ3v) is 5.90. The Bertz CT molecular complexity index is 644. The van der Waals surface area contributed by atoms with Gasteiger partial charge in [-0.2, -0.15) is 0 Å². The van der Waals surface area contributed by atoms with E-state index in [4.69, 9.17) is 5.73 Å². The van der Waals surface area contributed by atoms with Crippen molar-refractivity contribution in [1.29, 1.82) is 0 Å². The number of carbonyl (C=O) groups is 2. The van der Waals surface area contributed by atoms with Gasteiger partial charge in [-0.05, 0) is 44.7 Å². The van der Waals surface area contributed by atoms with Gasteiger partial charge in [-0.3, -0.25) is 9.59 Å². The van der Waals surface area contributed by atoms with Crippen molar-refractivity contribution in [2.75, 3.05) is 26.2 Å². The zero-order valence-corrected chi connectivity index (χ0v) is 18.0. The van der Waals surface area contributed by atoms with Crippen molar-refractivity contribution in [1.82, 2.24) is 14.8 Å². The predicted octanol–water partition coefficient (Wildman–Crippen LogP) is 2.59. The average molecular weight is 435 g/mol. The standard InChI is InChI=1S/C18H26N4O2S.2ClH/c1-13(17(23)21-9-2-3-10-21)25-16-15(7-4-8-20-16)18(24)22-11-5-6-14(19)12-22;;/h4,7-8,13-14H,2-3,5-6,9-12,19H2,1H3;2*1H. The summed E-state index contributed by atoms with van der Waals surface area (Å²) in [5.74, 6) is 0.0955. The first kappa shape index (κ1) is 24.0. The van der Waals surface area contributed by atoms with E-state index in [1.54, 1.807) is 18.3 Å². The van der Waals surface area contributed by atoms with E-state index >= 15 is 0 Å². The number of carbonyl (C=O) groups excluding carboxylic acids is 2. The van der Waals surface area contributed by atoms with Gasteiger partial charge < -0.3 is 15.5 Å². The molecule has 2 amide bonds. The number of likely N-dealkylation sites (tertiary alicyclic amines) is 2. The van der Waals surface area contributed by atoms with E-state index in [2.05, 4.69) is 4.98 Å². The smallest absolute Gasteiger partial charge is 0.256 e. The van der Waals surface area contributed by atoms with Crippen LogP contribution in [-0.4, -0.2) is 64.1 Å². The summed E-state index contributed by atoms with van der Waals surface area (Å²) in [7, 11) is 0. The number of nitrogens with zero attached hydrogens (tertiary/aromatic N) is 3. The third-order valence-electron chi connectivity index (χ3n) is 4.80. The molecule has 2 aliphatic rings. The summed E-state index contributed by atoms with van der Waals surface area (Å²) >= 11 is 1.38. The van der Waals surface area contributed by atoms with Gasteiger partial charge in [0, 0.05) is 38.4 Å². The molecule has 9 heteroatoms. The highest BCUT2D eigenvalue weighted by Crippen LogP contribution is 2.28. The molecular formula is C18H28Cl2N4O2S. The molecule has 3 rings (SSSR count). The molecule has 2 unspecified atom stereocenters. The van der Waals surface area contributed by atoms with Crippen molar-refractivity contribution < 1.29 is 9.59 Å². The summed E-state index contributed by atoms with van der Waals surface area (Å²) < 4.78 is 0. The number of pyridine rings is 1. The molecule has 0 saturated carbocycles. The topological polar surface area (TPSA) is 79.5 Å². The Labute approximate surface area is 177 Å². The zero-order chi connectivity index (χ0) is 17.8. The molecule has 0 radical (unpaired) electrons. The van der Waals surface area contributed by atoms with Crippen LogP contribution < -0.4 is 5.73 Å². The Kier molecular flexibility index (Phi) is 9.87. The van der Waals surface area contributed by atoms with Crippen molar-refractivity contribution in [3.8, 4) is 0 Å². The van der Waals surface area contributed by atoms with E-state index in [9.17, 15) is 9.59 Å². The van der Waals surface area contributed by atoms with Crippen LogP contribution >= 0.6 is 36.6 Å². The van der Waals surface area contributed by atoms with Crippen LogP contribution in [0.25, 0.3) is 0 Å². The summed E-state index contributed by atoms with van der Waals surface area (Å²) in [6.45, 7) is 4.88. The number of halogens is 2. The van der Waals surface area contributed by atoms with Crippen LogP contribution in [0.2, 0.25) is 0 Å². The van der Waals surface area contributed by atoms with Gasteiger partial charge in [0.25, 0.3) is 5.91 Å². The summed E-state index contributed by atoms with van der Waals surface area (Å²) in [6, 6.07) is 3.61. The summed E-state index contributed by atoms with van der Waals surface area (Å²) in [6.07, 6.45) is 5.71. The molecule has 2 fully saturated rings. The van der Waals surface area contributed by atoms with Crippen LogP contribution in [0, 0.1) is 0 Å². The van der Waals surface area contributed by atoms with Crippen LogP contribution in [0.1, 0.15) is 43.0 Å². The Balaban J connectivity index is 0.00000182. The molecular weight excluding hydrogens is 407 g/mol. The number of thioether (sulfide) groups is 1. The first-order valence-electron chi connectivity index (χ1n) is 9.01. The van der Waals surface area contributed by atoms with Crippen LogP contribution in [0.5, 0.6) is 0 Å². The summed E-state index contributed by atoms with van der Waals surface area (Å²) in [5, 5.41) is 0.384. The van der Waals surface area contributed by atoms with Gasteiger partial charge in [0.1, 0.15) is 5.03 Å². The fraction of sp³-hybridized carbons (Fsp3) is 0.611. The van der Waals surface area contributed by atoms with Gasteiger partial charge in [0.2, 0.25) is 5.91 Å². The van der Waals surface area contributed by atoms with Crippen molar-refractivity contribution >= 4 is 48.4 Å². The monoisotopic (exact) mass is 434 g/mol. The predicted molar refractivity (Wildman–Crippen MR) is 113 cm³/mol. The lowest BCUT2D eigenvalue weighted by Gasteiger charge is -2.31. The Morgan fingerprint density at radius 2 is 1.85 bits per heavy atom. The molecule has 2 atom stereocenters. The molecule has 0 spiro atoms. The molecule has 2 aliphatic heterocycles. The lowest BCUT2D eigenvalue weighted by atomic mass is 10.1. The molecule has 0 aromatic carbocycles. The fourth-order valence-corrected chi connectivity index (χ4v) is 4.41. The van der Waals surface area contributed by atoms with Crippen LogP contribution in [0.4, 0.5) is 0 Å². The van der Waals surface area contributed by atoms with Crippen molar-refractivity contribution in [2.45, 2.75) is 48.9 Å². The number of hydrogen-bond acceptors (Lipinski definition) is 5. The average Bonchev–Trinajstić information content (AvgIpc) is 3.15. The number of hydrogen-bond donors (Lipinski definition) is 1. The Morgan fingerprint density at radius 1 is 1.19 bits per heavy atom. The van der Waals surface area contributed by atoms with Crippen LogP contribution in [0.15, 0.2) is 23.4 Å². The maximum atomic E-state index is 12.9. The molecule has 152 valence electrons. The van der Waals surface area contributed by atoms with Crippen molar-refractivity contribution in [3.05, 3.63) is 23.9 Å². The van der Waals surface area contributed by atoms with E-state index < -0.39 is 0 Å². The molecule has 0 aliphatic carbocycles. The molecule has 1 aromatic heterocycles. The van der Waals surface area contributed by atoms with Gasteiger partial charge >= 0.3 is 0 Å². The second-order valence-corrected chi connectivity index (χ2v) is 8.13. The minimum atomic E-state index is -0.247. The van der Waals surface area contributed by atoms with E-state index in [1.807, 2.05) is 16.7 Å².